The van der Waals surface area contributed by atoms with Crippen LogP contribution in [0.15, 0.2) is 47.8 Å². The molecular weight excluding hydrogens is 407 g/mol. The summed E-state index contributed by atoms with van der Waals surface area (Å²) in [7, 11) is 0. The highest BCUT2D eigenvalue weighted by Gasteiger charge is 2.35. The van der Waals surface area contributed by atoms with Crippen molar-refractivity contribution in [3.63, 3.8) is 0 Å². The molecule has 1 aliphatic heterocycles. The van der Waals surface area contributed by atoms with Gasteiger partial charge in [-0.15, -0.1) is 0 Å². The average molecular weight is 426 g/mol. The van der Waals surface area contributed by atoms with Crippen molar-refractivity contribution in [1.29, 1.82) is 0 Å². The van der Waals surface area contributed by atoms with Gasteiger partial charge in [0.2, 0.25) is 0 Å². The fourth-order valence-electron chi connectivity index (χ4n) is 3.11. The van der Waals surface area contributed by atoms with Crippen molar-refractivity contribution in [2.75, 3.05) is 18.1 Å². The standard InChI is InChI=1S/C19H19ClF3N5O/c1-11-4-2-7-16(26-11)28(25)15-8-9-27(10-14(15)24)18(29)12-5-3-6-13(17(12)20)19(21,22)23/h2-7H,8-10,24-25H2,1H3. The van der Waals surface area contributed by atoms with E-state index in [1.54, 1.807) is 6.07 Å². The van der Waals surface area contributed by atoms with Crippen LogP contribution in [0.4, 0.5) is 19.0 Å². The van der Waals surface area contributed by atoms with Crippen LogP contribution in [0, 0.1) is 6.92 Å². The number of nitrogens with two attached hydrogens (primary N) is 2. The topological polar surface area (TPSA) is 88.5 Å². The van der Waals surface area contributed by atoms with Gasteiger partial charge in [0.15, 0.2) is 0 Å². The molecule has 0 fully saturated rings. The monoisotopic (exact) mass is 425 g/mol. The molecule has 1 amide bonds. The Morgan fingerprint density at radius 2 is 1.93 bits per heavy atom. The first-order valence-electron chi connectivity index (χ1n) is 8.70. The molecule has 0 aliphatic carbocycles. The van der Waals surface area contributed by atoms with E-state index in [-0.39, 0.29) is 18.7 Å². The Balaban J connectivity index is 1.83. The van der Waals surface area contributed by atoms with Crippen molar-refractivity contribution >= 4 is 23.3 Å². The van der Waals surface area contributed by atoms with Gasteiger partial charge in [-0.3, -0.25) is 9.80 Å². The quantitative estimate of drug-likeness (QED) is 0.580. The van der Waals surface area contributed by atoms with Crippen molar-refractivity contribution in [3.05, 3.63) is 69.6 Å². The van der Waals surface area contributed by atoms with Crippen molar-refractivity contribution in [2.24, 2.45) is 11.6 Å². The number of carbonyl (C=O) groups excluding carboxylic acids is 1. The van der Waals surface area contributed by atoms with Gasteiger partial charge in [-0.25, -0.2) is 10.8 Å². The largest absolute Gasteiger partial charge is 0.417 e. The summed E-state index contributed by atoms with van der Waals surface area (Å²) in [4.78, 5) is 18.5. The number of benzene rings is 1. The zero-order chi connectivity index (χ0) is 21.3. The number of alkyl halides is 3. The molecule has 0 unspecified atom stereocenters. The van der Waals surface area contributed by atoms with E-state index in [2.05, 4.69) is 4.98 Å². The van der Waals surface area contributed by atoms with E-state index in [0.717, 1.165) is 17.8 Å². The number of pyridine rings is 1. The molecule has 2 aromatic rings. The predicted molar refractivity (Wildman–Crippen MR) is 104 cm³/mol. The molecule has 154 valence electrons. The zero-order valence-corrected chi connectivity index (χ0v) is 16.3. The number of carbonyl (C=O) groups is 1. The summed E-state index contributed by atoms with van der Waals surface area (Å²) in [6.07, 6.45) is -4.33. The molecule has 1 aliphatic rings. The van der Waals surface area contributed by atoms with Crippen LogP contribution in [-0.4, -0.2) is 28.9 Å². The molecule has 0 saturated heterocycles. The summed E-state index contributed by atoms with van der Waals surface area (Å²) < 4.78 is 39.2. The molecule has 0 radical (unpaired) electrons. The number of hydrazine groups is 1. The number of hydrogen-bond acceptors (Lipinski definition) is 5. The van der Waals surface area contributed by atoms with Gasteiger partial charge in [-0.1, -0.05) is 23.7 Å². The summed E-state index contributed by atoms with van der Waals surface area (Å²) >= 11 is 5.87. The van der Waals surface area contributed by atoms with Crippen LogP contribution in [0.25, 0.3) is 0 Å². The fraction of sp³-hybridized carbons (Fsp3) is 0.263. The number of nitrogens with zero attached hydrogens (tertiary/aromatic N) is 3. The molecule has 29 heavy (non-hydrogen) atoms. The first-order valence-corrected chi connectivity index (χ1v) is 9.08. The maximum atomic E-state index is 13.1. The van der Waals surface area contributed by atoms with Crippen LogP contribution in [0.3, 0.4) is 0 Å². The zero-order valence-electron chi connectivity index (χ0n) is 15.5. The van der Waals surface area contributed by atoms with Crippen LogP contribution >= 0.6 is 11.6 Å². The maximum Gasteiger partial charge on any atom is 0.417 e. The molecule has 1 aromatic heterocycles. The molecule has 10 heteroatoms. The SMILES string of the molecule is Cc1cccc(N(N)C2=C(N)CN(C(=O)c3cccc(C(F)(F)F)c3Cl)CC2)n1. The summed E-state index contributed by atoms with van der Waals surface area (Å²) in [6.45, 7) is 2.07. The minimum absolute atomic E-state index is 0.0141. The lowest BCUT2D eigenvalue weighted by Gasteiger charge is -2.33. The van der Waals surface area contributed by atoms with Crippen LogP contribution in [0.5, 0.6) is 0 Å². The second kappa shape index (κ2) is 7.92. The number of halogens is 4. The van der Waals surface area contributed by atoms with Crippen LogP contribution in [0.1, 0.15) is 28.0 Å². The summed E-state index contributed by atoms with van der Waals surface area (Å²) in [5, 5.41) is 0.740. The Bertz CT molecular complexity index is 977. The lowest BCUT2D eigenvalue weighted by atomic mass is 10.1. The third-order valence-electron chi connectivity index (χ3n) is 4.58. The molecule has 6 nitrogen and oxygen atoms in total. The van der Waals surface area contributed by atoms with Gasteiger partial charge in [0, 0.05) is 24.4 Å². The summed E-state index contributed by atoms with van der Waals surface area (Å²) in [6, 6.07) is 8.62. The highest BCUT2D eigenvalue weighted by molar-refractivity contribution is 6.34. The molecule has 0 atom stereocenters. The fourth-order valence-corrected chi connectivity index (χ4v) is 3.43. The van der Waals surface area contributed by atoms with E-state index in [9.17, 15) is 18.0 Å². The van der Waals surface area contributed by atoms with Gasteiger partial charge < -0.3 is 10.6 Å². The van der Waals surface area contributed by atoms with E-state index in [0.29, 0.717) is 23.6 Å². The Kier molecular flexibility index (Phi) is 5.72. The smallest absolute Gasteiger partial charge is 0.399 e. The number of hydrogen-bond donors (Lipinski definition) is 2. The third-order valence-corrected chi connectivity index (χ3v) is 4.99. The second-order valence-electron chi connectivity index (χ2n) is 6.62. The highest BCUT2D eigenvalue weighted by atomic mass is 35.5. The second-order valence-corrected chi connectivity index (χ2v) is 7.00. The van der Waals surface area contributed by atoms with E-state index in [4.69, 9.17) is 23.2 Å². The Morgan fingerprint density at radius 1 is 1.24 bits per heavy atom. The van der Waals surface area contributed by atoms with Gasteiger partial charge in [0.25, 0.3) is 5.91 Å². The molecule has 0 saturated carbocycles. The third kappa shape index (κ3) is 4.30. The minimum atomic E-state index is -4.65. The van der Waals surface area contributed by atoms with Gasteiger partial charge in [0.05, 0.1) is 28.4 Å². The van der Waals surface area contributed by atoms with Crippen molar-refractivity contribution in [1.82, 2.24) is 9.88 Å². The first kappa shape index (κ1) is 20.9. The number of anilines is 1. The average Bonchev–Trinajstić information content (AvgIpc) is 2.66. The number of aryl methyl sites for hydroxylation is 1. The van der Waals surface area contributed by atoms with Crippen molar-refractivity contribution in [3.8, 4) is 0 Å². The van der Waals surface area contributed by atoms with E-state index in [1.807, 2.05) is 19.1 Å². The molecule has 4 N–H and O–H groups in total. The van der Waals surface area contributed by atoms with Crippen LogP contribution < -0.4 is 16.6 Å². The lowest BCUT2D eigenvalue weighted by Crippen LogP contribution is -2.44. The lowest BCUT2D eigenvalue weighted by molar-refractivity contribution is -0.137. The van der Waals surface area contributed by atoms with Gasteiger partial charge in [0.1, 0.15) is 5.82 Å². The van der Waals surface area contributed by atoms with Crippen LogP contribution in [-0.2, 0) is 6.18 Å². The van der Waals surface area contributed by atoms with Crippen molar-refractivity contribution in [2.45, 2.75) is 19.5 Å². The molecular formula is C19H19ClF3N5O. The number of amides is 1. The molecule has 0 bridgehead atoms. The normalized spacial score (nSPS) is 14.9. The van der Waals surface area contributed by atoms with E-state index < -0.39 is 22.7 Å². The predicted octanol–water partition coefficient (Wildman–Crippen LogP) is 3.46. The van der Waals surface area contributed by atoms with E-state index >= 15 is 0 Å². The Labute approximate surface area is 170 Å². The molecule has 3 rings (SSSR count). The van der Waals surface area contributed by atoms with E-state index in [1.165, 1.54) is 16.0 Å². The highest BCUT2D eigenvalue weighted by Crippen LogP contribution is 2.36. The van der Waals surface area contributed by atoms with Gasteiger partial charge in [-0.2, -0.15) is 13.2 Å². The molecule has 0 spiro atoms. The van der Waals surface area contributed by atoms with Gasteiger partial charge >= 0.3 is 6.18 Å². The summed E-state index contributed by atoms with van der Waals surface area (Å²) in [5.74, 6) is 6.02. The maximum absolute atomic E-state index is 13.1. The number of rotatable bonds is 3. The number of aromatic nitrogens is 1. The van der Waals surface area contributed by atoms with Crippen LogP contribution in [0.2, 0.25) is 5.02 Å². The molecule has 2 heterocycles. The minimum Gasteiger partial charge on any atom is -0.399 e. The Hall–Kier alpha value is -2.78. The molecule has 1 aromatic carbocycles. The van der Waals surface area contributed by atoms with Gasteiger partial charge in [-0.05, 0) is 31.2 Å². The summed E-state index contributed by atoms with van der Waals surface area (Å²) in [5.41, 5.74) is 6.56. The first-order chi connectivity index (χ1) is 13.6. The van der Waals surface area contributed by atoms with Crippen molar-refractivity contribution < 1.29 is 18.0 Å². The Morgan fingerprint density at radius 3 is 2.55 bits per heavy atom.